The van der Waals surface area contributed by atoms with Crippen molar-refractivity contribution in [3.05, 3.63) is 78.2 Å². The lowest BCUT2D eigenvalue weighted by molar-refractivity contribution is 0.0951. The molecule has 3 rings (SSSR count). The Balaban J connectivity index is 1.63. The smallest absolute Gasteiger partial charge is 0.251 e. The van der Waals surface area contributed by atoms with Crippen molar-refractivity contribution in [2.75, 3.05) is 20.3 Å². The molecular formula is C21H21N3O3. The summed E-state index contributed by atoms with van der Waals surface area (Å²) in [5.74, 6) is 0.554. The first-order chi connectivity index (χ1) is 13.3. The molecule has 0 aliphatic rings. The van der Waals surface area contributed by atoms with Crippen molar-refractivity contribution < 1.29 is 14.3 Å². The van der Waals surface area contributed by atoms with Gasteiger partial charge in [0.05, 0.1) is 12.3 Å². The normalized spacial score (nSPS) is 10.4. The van der Waals surface area contributed by atoms with E-state index in [2.05, 4.69) is 15.3 Å². The minimum atomic E-state index is -0.150. The number of nitrogens with one attached hydrogen (secondary N) is 1. The Hall–Kier alpha value is -3.25. The van der Waals surface area contributed by atoms with E-state index >= 15 is 0 Å². The van der Waals surface area contributed by atoms with E-state index in [-0.39, 0.29) is 5.91 Å². The zero-order valence-electron chi connectivity index (χ0n) is 15.1. The van der Waals surface area contributed by atoms with Crippen LogP contribution in [0.1, 0.15) is 15.9 Å². The van der Waals surface area contributed by atoms with Gasteiger partial charge in [-0.05, 0) is 48.0 Å². The van der Waals surface area contributed by atoms with Gasteiger partial charge in [-0.1, -0.05) is 6.07 Å². The average Bonchev–Trinajstić information content (AvgIpc) is 2.73. The number of hydrogen-bond donors (Lipinski definition) is 1. The Bertz CT molecular complexity index is 867. The topological polar surface area (TPSA) is 73.3 Å². The van der Waals surface area contributed by atoms with Gasteiger partial charge in [0.25, 0.3) is 5.91 Å². The van der Waals surface area contributed by atoms with Gasteiger partial charge in [-0.2, -0.15) is 0 Å². The summed E-state index contributed by atoms with van der Waals surface area (Å²) in [6, 6.07) is 14.6. The van der Waals surface area contributed by atoms with Gasteiger partial charge in [0.1, 0.15) is 12.4 Å². The average molecular weight is 363 g/mol. The molecular weight excluding hydrogens is 342 g/mol. The number of hydrogen-bond acceptors (Lipinski definition) is 5. The summed E-state index contributed by atoms with van der Waals surface area (Å²) in [4.78, 5) is 20.9. The molecule has 1 N–H and O–H groups in total. The molecule has 0 fully saturated rings. The Morgan fingerprint density at radius 3 is 2.52 bits per heavy atom. The predicted molar refractivity (Wildman–Crippen MR) is 102 cm³/mol. The van der Waals surface area contributed by atoms with Crippen molar-refractivity contribution in [3.8, 4) is 17.0 Å². The molecule has 138 valence electrons. The number of methoxy groups -OCH3 is 1. The fourth-order valence-electron chi connectivity index (χ4n) is 2.57. The summed E-state index contributed by atoms with van der Waals surface area (Å²) in [5, 5.41) is 2.94. The van der Waals surface area contributed by atoms with Crippen LogP contribution in [0, 0.1) is 0 Å². The quantitative estimate of drug-likeness (QED) is 0.623. The molecule has 0 unspecified atom stereocenters. The first-order valence-corrected chi connectivity index (χ1v) is 8.62. The Kier molecular flexibility index (Phi) is 6.49. The first kappa shape index (κ1) is 18.5. The fraction of sp³-hybridized carbons (Fsp3) is 0.190. The van der Waals surface area contributed by atoms with Gasteiger partial charge < -0.3 is 14.8 Å². The maximum atomic E-state index is 12.4. The molecule has 0 bridgehead atoms. The van der Waals surface area contributed by atoms with E-state index in [9.17, 15) is 4.79 Å². The predicted octanol–water partition coefficient (Wildman–Crippen LogP) is 3.10. The van der Waals surface area contributed by atoms with Crippen LogP contribution in [-0.4, -0.2) is 36.2 Å². The van der Waals surface area contributed by atoms with E-state index in [4.69, 9.17) is 9.47 Å². The summed E-state index contributed by atoms with van der Waals surface area (Å²) in [7, 11) is 1.62. The van der Waals surface area contributed by atoms with Gasteiger partial charge in [0.2, 0.25) is 0 Å². The maximum absolute atomic E-state index is 12.4. The summed E-state index contributed by atoms with van der Waals surface area (Å²) >= 11 is 0. The highest BCUT2D eigenvalue weighted by Crippen LogP contribution is 2.20. The zero-order chi connectivity index (χ0) is 18.9. The van der Waals surface area contributed by atoms with E-state index in [1.807, 2.05) is 24.3 Å². The zero-order valence-corrected chi connectivity index (χ0v) is 15.1. The van der Waals surface area contributed by atoms with Gasteiger partial charge in [0, 0.05) is 43.4 Å². The van der Waals surface area contributed by atoms with Gasteiger partial charge in [-0.15, -0.1) is 0 Å². The fourth-order valence-corrected chi connectivity index (χ4v) is 2.57. The number of nitrogens with zero attached hydrogens (tertiary/aromatic N) is 2. The molecule has 0 saturated carbocycles. The van der Waals surface area contributed by atoms with Crippen molar-refractivity contribution in [2.24, 2.45) is 0 Å². The van der Waals surface area contributed by atoms with Crippen LogP contribution >= 0.6 is 0 Å². The lowest BCUT2D eigenvalue weighted by Crippen LogP contribution is -2.23. The third kappa shape index (κ3) is 5.12. The number of carbonyl (C=O) groups is 1. The highest BCUT2D eigenvalue weighted by Gasteiger charge is 2.09. The summed E-state index contributed by atoms with van der Waals surface area (Å²) < 4.78 is 10.4. The standard InChI is InChI=1S/C21H21N3O3/c1-26-13-14-27-19-6-4-17(5-7-19)21(25)24-15-18-3-2-10-23-20(18)16-8-11-22-12-9-16/h2-12H,13-15H2,1H3,(H,24,25). The van der Waals surface area contributed by atoms with Crippen LogP contribution < -0.4 is 10.1 Å². The van der Waals surface area contributed by atoms with Crippen molar-refractivity contribution in [1.29, 1.82) is 0 Å². The molecule has 6 heteroatoms. The summed E-state index contributed by atoms with van der Waals surface area (Å²) in [6.07, 6.45) is 5.19. The summed E-state index contributed by atoms with van der Waals surface area (Å²) in [6.45, 7) is 1.38. The van der Waals surface area contributed by atoms with Gasteiger partial charge in [0.15, 0.2) is 0 Å². The molecule has 6 nitrogen and oxygen atoms in total. The molecule has 2 heterocycles. The number of amides is 1. The third-order valence-corrected chi connectivity index (χ3v) is 3.96. The van der Waals surface area contributed by atoms with E-state index in [0.29, 0.717) is 31.1 Å². The third-order valence-electron chi connectivity index (χ3n) is 3.96. The Morgan fingerprint density at radius 1 is 1.00 bits per heavy atom. The van der Waals surface area contributed by atoms with Crippen LogP contribution in [0.15, 0.2) is 67.1 Å². The molecule has 1 aromatic carbocycles. The van der Waals surface area contributed by atoms with Crippen molar-refractivity contribution in [3.63, 3.8) is 0 Å². The van der Waals surface area contributed by atoms with Crippen LogP contribution in [0.4, 0.5) is 0 Å². The molecule has 2 aromatic heterocycles. The van der Waals surface area contributed by atoms with Crippen LogP contribution in [0.2, 0.25) is 0 Å². The van der Waals surface area contributed by atoms with Crippen molar-refractivity contribution >= 4 is 5.91 Å². The molecule has 27 heavy (non-hydrogen) atoms. The second kappa shape index (κ2) is 9.45. The number of rotatable bonds is 8. The van der Waals surface area contributed by atoms with Crippen molar-refractivity contribution in [2.45, 2.75) is 6.54 Å². The number of ether oxygens (including phenoxy) is 2. The van der Waals surface area contributed by atoms with Gasteiger partial charge in [-0.25, -0.2) is 0 Å². The van der Waals surface area contributed by atoms with Gasteiger partial charge in [-0.3, -0.25) is 14.8 Å². The number of carbonyl (C=O) groups excluding carboxylic acids is 1. The maximum Gasteiger partial charge on any atom is 0.251 e. The molecule has 0 radical (unpaired) electrons. The van der Waals surface area contributed by atoms with Crippen LogP contribution in [0.5, 0.6) is 5.75 Å². The summed E-state index contributed by atoms with van der Waals surface area (Å²) in [5.41, 5.74) is 3.31. The number of benzene rings is 1. The van der Waals surface area contributed by atoms with Crippen LogP contribution in [0.25, 0.3) is 11.3 Å². The molecule has 3 aromatic rings. The number of pyridine rings is 2. The lowest BCUT2D eigenvalue weighted by Gasteiger charge is -2.10. The molecule has 0 aliphatic heterocycles. The molecule has 0 spiro atoms. The minimum absolute atomic E-state index is 0.150. The first-order valence-electron chi connectivity index (χ1n) is 8.62. The van der Waals surface area contributed by atoms with Gasteiger partial charge >= 0.3 is 0 Å². The SMILES string of the molecule is COCCOc1ccc(C(=O)NCc2cccnc2-c2ccncc2)cc1. The second-order valence-electron chi connectivity index (χ2n) is 5.80. The van der Waals surface area contributed by atoms with E-state index in [1.54, 1.807) is 50.0 Å². The van der Waals surface area contributed by atoms with E-state index < -0.39 is 0 Å². The molecule has 0 saturated heterocycles. The molecule has 0 aliphatic carbocycles. The highest BCUT2D eigenvalue weighted by molar-refractivity contribution is 5.94. The second-order valence-corrected chi connectivity index (χ2v) is 5.80. The van der Waals surface area contributed by atoms with Crippen LogP contribution in [0.3, 0.4) is 0 Å². The van der Waals surface area contributed by atoms with Crippen LogP contribution in [-0.2, 0) is 11.3 Å². The van der Waals surface area contributed by atoms with E-state index in [0.717, 1.165) is 16.8 Å². The van der Waals surface area contributed by atoms with E-state index in [1.165, 1.54) is 0 Å². The Morgan fingerprint density at radius 2 is 1.78 bits per heavy atom. The highest BCUT2D eigenvalue weighted by atomic mass is 16.5. The molecule has 0 atom stereocenters. The largest absolute Gasteiger partial charge is 0.491 e. The minimum Gasteiger partial charge on any atom is -0.491 e. The van der Waals surface area contributed by atoms with Crippen molar-refractivity contribution in [1.82, 2.24) is 15.3 Å². The number of aromatic nitrogens is 2. The molecule has 1 amide bonds. The Labute approximate surface area is 158 Å². The monoisotopic (exact) mass is 363 g/mol. The lowest BCUT2D eigenvalue weighted by atomic mass is 10.1.